The minimum absolute atomic E-state index is 0.0524. The molecule has 0 aromatic rings. The summed E-state index contributed by atoms with van der Waals surface area (Å²) in [4.78, 5) is 23.7. The second kappa shape index (κ2) is 7.86. The van der Waals surface area contributed by atoms with Gasteiger partial charge in [-0.3, -0.25) is 0 Å². The van der Waals surface area contributed by atoms with E-state index in [0.717, 1.165) is 4.90 Å². The fourth-order valence-corrected chi connectivity index (χ4v) is 1.29. The highest BCUT2D eigenvalue weighted by atomic mass is 16.4. The van der Waals surface area contributed by atoms with Crippen LogP contribution in [-0.4, -0.2) is 64.6 Å². The van der Waals surface area contributed by atoms with Gasteiger partial charge in [0.2, 0.25) is 0 Å². The quantitative estimate of drug-likeness (QED) is 0.466. The second-order valence-corrected chi connectivity index (χ2v) is 3.94. The van der Waals surface area contributed by atoms with Gasteiger partial charge in [0, 0.05) is 13.1 Å². The number of hydrogen-bond donors (Lipinski definition) is 4. The number of aliphatic hydroxyl groups excluding tert-OH is 2. The van der Waals surface area contributed by atoms with Crippen LogP contribution in [0.15, 0.2) is 0 Å². The van der Waals surface area contributed by atoms with Crippen LogP contribution in [0, 0.1) is 5.92 Å². The summed E-state index contributed by atoms with van der Waals surface area (Å²) in [5.74, 6) is -1.36. The molecule has 0 unspecified atom stereocenters. The molecule has 0 heterocycles. The Labute approximate surface area is 100 Å². The van der Waals surface area contributed by atoms with Crippen LogP contribution in [0.1, 0.15) is 13.8 Å². The minimum Gasteiger partial charge on any atom is -0.480 e. The fourth-order valence-electron chi connectivity index (χ4n) is 1.29. The Balaban J connectivity index is 4.50. The molecule has 1 atom stereocenters. The molecule has 4 N–H and O–H groups in total. The van der Waals surface area contributed by atoms with Crippen molar-refractivity contribution in [3.63, 3.8) is 0 Å². The first-order valence-corrected chi connectivity index (χ1v) is 5.44. The molecule has 2 amide bonds. The van der Waals surface area contributed by atoms with E-state index in [1.54, 1.807) is 13.8 Å². The summed E-state index contributed by atoms with van der Waals surface area (Å²) in [6.07, 6.45) is 0. The van der Waals surface area contributed by atoms with Crippen molar-refractivity contribution in [2.75, 3.05) is 26.3 Å². The maximum atomic E-state index is 11.7. The van der Waals surface area contributed by atoms with Gasteiger partial charge < -0.3 is 25.5 Å². The number of nitrogens with zero attached hydrogens (tertiary/aromatic N) is 1. The third kappa shape index (κ3) is 5.50. The molecule has 0 rings (SSSR count). The van der Waals surface area contributed by atoms with Crippen molar-refractivity contribution < 1.29 is 24.9 Å². The first-order chi connectivity index (χ1) is 7.93. The number of carbonyl (C=O) groups is 2. The number of hydrogen-bond acceptors (Lipinski definition) is 4. The van der Waals surface area contributed by atoms with Crippen molar-refractivity contribution in [1.82, 2.24) is 10.2 Å². The zero-order valence-corrected chi connectivity index (χ0v) is 10.1. The molecule has 0 aliphatic rings. The molecule has 0 fully saturated rings. The topological polar surface area (TPSA) is 110 Å². The van der Waals surface area contributed by atoms with E-state index in [1.165, 1.54) is 0 Å². The monoisotopic (exact) mass is 248 g/mol. The number of aliphatic hydroxyl groups is 2. The van der Waals surface area contributed by atoms with Crippen LogP contribution >= 0.6 is 0 Å². The van der Waals surface area contributed by atoms with E-state index in [9.17, 15) is 9.59 Å². The molecule has 0 saturated carbocycles. The zero-order chi connectivity index (χ0) is 13.4. The highest BCUT2D eigenvalue weighted by Crippen LogP contribution is 2.03. The van der Waals surface area contributed by atoms with Gasteiger partial charge in [0.25, 0.3) is 0 Å². The molecular weight excluding hydrogens is 228 g/mol. The lowest BCUT2D eigenvalue weighted by Gasteiger charge is -2.25. The number of urea groups is 1. The fraction of sp³-hybridized carbons (Fsp3) is 0.800. The molecule has 0 aliphatic heterocycles. The van der Waals surface area contributed by atoms with Crippen molar-refractivity contribution in [3.05, 3.63) is 0 Å². The molecule has 0 spiro atoms. The summed E-state index contributed by atoms with van der Waals surface area (Å²) in [5.41, 5.74) is 0. The Kier molecular flexibility index (Phi) is 7.24. The maximum absolute atomic E-state index is 11.7. The van der Waals surface area contributed by atoms with Gasteiger partial charge in [0.05, 0.1) is 13.2 Å². The van der Waals surface area contributed by atoms with E-state index in [2.05, 4.69) is 5.32 Å². The summed E-state index contributed by atoms with van der Waals surface area (Å²) >= 11 is 0. The van der Waals surface area contributed by atoms with Crippen LogP contribution < -0.4 is 5.32 Å². The van der Waals surface area contributed by atoms with E-state index in [1.807, 2.05) is 0 Å². The van der Waals surface area contributed by atoms with Gasteiger partial charge in [0.15, 0.2) is 0 Å². The lowest BCUT2D eigenvalue weighted by atomic mass is 10.1. The Morgan fingerprint density at radius 3 is 1.94 bits per heavy atom. The number of carboxylic acid groups (broad SMARTS) is 1. The Morgan fingerprint density at radius 1 is 1.18 bits per heavy atom. The molecule has 0 saturated heterocycles. The predicted octanol–water partition coefficient (Wildman–Crippen LogP) is -0.908. The Bertz CT molecular complexity index is 251. The molecule has 0 radical (unpaired) electrons. The highest BCUT2D eigenvalue weighted by Gasteiger charge is 2.25. The van der Waals surface area contributed by atoms with E-state index >= 15 is 0 Å². The van der Waals surface area contributed by atoms with Crippen LogP contribution in [0.5, 0.6) is 0 Å². The summed E-state index contributed by atoms with van der Waals surface area (Å²) < 4.78 is 0. The van der Waals surface area contributed by atoms with Gasteiger partial charge in [-0.05, 0) is 5.92 Å². The smallest absolute Gasteiger partial charge is 0.326 e. The van der Waals surface area contributed by atoms with Crippen LogP contribution in [0.4, 0.5) is 4.79 Å². The zero-order valence-electron chi connectivity index (χ0n) is 10.1. The van der Waals surface area contributed by atoms with Crippen molar-refractivity contribution in [1.29, 1.82) is 0 Å². The number of amides is 2. The average molecular weight is 248 g/mol. The summed E-state index contributed by atoms with van der Waals surface area (Å²) in [6, 6.07) is -1.59. The average Bonchev–Trinajstić information content (AvgIpc) is 2.24. The summed E-state index contributed by atoms with van der Waals surface area (Å²) in [5, 5.41) is 28.7. The number of carboxylic acids is 1. The van der Waals surface area contributed by atoms with E-state index in [-0.39, 0.29) is 32.2 Å². The predicted molar refractivity (Wildman–Crippen MR) is 60.5 cm³/mol. The molecule has 17 heavy (non-hydrogen) atoms. The standard InChI is InChI=1S/C10H20N2O5/c1-7(2)8(9(15)16)11-10(17)12(3-5-13)4-6-14/h7-8,13-14H,3-6H2,1-2H3,(H,11,17)(H,15,16)/t8-/m1/s1. The van der Waals surface area contributed by atoms with Crippen LogP contribution in [0.2, 0.25) is 0 Å². The second-order valence-electron chi connectivity index (χ2n) is 3.94. The lowest BCUT2D eigenvalue weighted by molar-refractivity contribution is -0.140. The van der Waals surface area contributed by atoms with Gasteiger partial charge in [-0.2, -0.15) is 0 Å². The largest absolute Gasteiger partial charge is 0.480 e. The molecule has 100 valence electrons. The number of aliphatic carboxylic acids is 1. The van der Waals surface area contributed by atoms with Crippen LogP contribution in [-0.2, 0) is 4.79 Å². The first-order valence-electron chi connectivity index (χ1n) is 5.44. The first kappa shape index (κ1) is 15.7. The molecule has 0 bridgehead atoms. The van der Waals surface area contributed by atoms with Gasteiger partial charge in [-0.1, -0.05) is 13.8 Å². The number of rotatable bonds is 7. The molecule has 0 aromatic carbocycles. The minimum atomic E-state index is -1.11. The highest BCUT2D eigenvalue weighted by molar-refractivity contribution is 5.82. The number of carbonyl (C=O) groups excluding carboxylic acids is 1. The summed E-state index contributed by atoms with van der Waals surface area (Å²) in [6.45, 7) is 2.98. The van der Waals surface area contributed by atoms with E-state index < -0.39 is 18.0 Å². The van der Waals surface area contributed by atoms with Gasteiger partial charge in [0.1, 0.15) is 6.04 Å². The Hall–Kier alpha value is -1.34. The summed E-state index contributed by atoms with van der Waals surface area (Å²) in [7, 11) is 0. The molecule has 0 aliphatic carbocycles. The van der Waals surface area contributed by atoms with E-state index in [4.69, 9.17) is 15.3 Å². The van der Waals surface area contributed by atoms with Crippen molar-refractivity contribution >= 4 is 12.0 Å². The van der Waals surface area contributed by atoms with Crippen LogP contribution in [0.25, 0.3) is 0 Å². The third-order valence-electron chi connectivity index (χ3n) is 2.24. The molecule has 7 heteroatoms. The molecular formula is C10H20N2O5. The van der Waals surface area contributed by atoms with Gasteiger partial charge in [-0.15, -0.1) is 0 Å². The van der Waals surface area contributed by atoms with Crippen molar-refractivity contribution in [3.8, 4) is 0 Å². The Morgan fingerprint density at radius 2 is 1.65 bits per heavy atom. The molecule has 7 nitrogen and oxygen atoms in total. The van der Waals surface area contributed by atoms with Crippen LogP contribution in [0.3, 0.4) is 0 Å². The molecule has 0 aromatic heterocycles. The number of nitrogens with one attached hydrogen (secondary N) is 1. The third-order valence-corrected chi connectivity index (χ3v) is 2.24. The van der Waals surface area contributed by atoms with Crippen molar-refractivity contribution in [2.24, 2.45) is 5.92 Å². The van der Waals surface area contributed by atoms with Gasteiger partial charge >= 0.3 is 12.0 Å². The van der Waals surface area contributed by atoms with E-state index in [0.29, 0.717) is 0 Å². The van der Waals surface area contributed by atoms with Gasteiger partial charge in [-0.25, -0.2) is 9.59 Å². The maximum Gasteiger partial charge on any atom is 0.326 e. The SMILES string of the molecule is CC(C)[C@@H](NC(=O)N(CCO)CCO)C(=O)O. The normalized spacial score (nSPS) is 12.3. The lowest BCUT2D eigenvalue weighted by Crippen LogP contribution is -2.51. The van der Waals surface area contributed by atoms with Crippen molar-refractivity contribution in [2.45, 2.75) is 19.9 Å².